The number of carboxylic acid groups (broad SMARTS) is 1. The van der Waals surface area contributed by atoms with Crippen LogP contribution in [0, 0.1) is 5.41 Å². The van der Waals surface area contributed by atoms with Gasteiger partial charge < -0.3 is 10.4 Å². The Morgan fingerprint density at radius 1 is 1.32 bits per heavy atom. The lowest BCUT2D eigenvalue weighted by atomic mass is 9.85. The van der Waals surface area contributed by atoms with E-state index in [2.05, 4.69) is 10.3 Å². The Kier molecular flexibility index (Phi) is 5.48. The van der Waals surface area contributed by atoms with Crippen molar-refractivity contribution < 1.29 is 14.7 Å². The number of carbonyl (C=O) groups is 2. The number of nitrogens with zero attached hydrogens (tertiary/aromatic N) is 1. The molecule has 0 aliphatic carbocycles. The van der Waals surface area contributed by atoms with Gasteiger partial charge in [-0.25, -0.2) is 0 Å². The molecule has 1 amide bonds. The van der Waals surface area contributed by atoms with Crippen molar-refractivity contribution in [3.8, 4) is 0 Å². The van der Waals surface area contributed by atoms with E-state index in [1.165, 1.54) is 0 Å². The number of nitrogens with one attached hydrogen (secondary N) is 1. The van der Waals surface area contributed by atoms with Crippen molar-refractivity contribution in [2.45, 2.75) is 33.1 Å². The number of aliphatic carboxylic acids is 1. The number of rotatable bonds is 7. The van der Waals surface area contributed by atoms with Crippen LogP contribution < -0.4 is 5.32 Å². The summed E-state index contributed by atoms with van der Waals surface area (Å²) in [5.41, 5.74) is 0.397. The third-order valence-electron chi connectivity index (χ3n) is 2.70. The molecule has 1 aromatic heterocycles. The summed E-state index contributed by atoms with van der Waals surface area (Å²) >= 11 is 0. The molecule has 19 heavy (non-hydrogen) atoms. The molecule has 5 nitrogen and oxygen atoms in total. The van der Waals surface area contributed by atoms with E-state index in [0.717, 1.165) is 5.69 Å². The van der Waals surface area contributed by atoms with E-state index in [9.17, 15) is 9.59 Å². The Morgan fingerprint density at radius 3 is 2.63 bits per heavy atom. The quantitative estimate of drug-likeness (QED) is 0.784. The lowest BCUT2D eigenvalue weighted by Gasteiger charge is -2.21. The number of hydrogen-bond donors (Lipinski definition) is 2. The highest BCUT2D eigenvalue weighted by Crippen LogP contribution is 2.24. The zero-order valence-electron chi connectivity index (χ0n) is 11.3. The van der Waals surface area contributed by atoms with Gasteiger partial charge in [0.1, 0.15) is 0 Å². The van der Waals surface area contributed by atoms with Gasteiger partial charge in [0.15, 0.2) is 0 Å². The highest BCUT2D eigenvalue weighted by molar-refractivity contribution is 5.77. The summed E-state index contributed by atoms with van der Waals surface area (Å²) in [5.74, 6) is -1.01. The van der Waals surface area contributed by atoms with Crippen LogP contribution in [0.3, 0.4) is 0 Å². The fraction of sp³-hybridized carbons (Fsp3) is 0.500. The Hall–Kier alpha value is -1.91. The molecule has 1 rings (SSSR count). The first-order valence-electron chi connectivity index (χ1n) is 6.27. The Labute approximate surface area is 113 Å². The van der Waals surface area contributed by atoms with E-state index in [0.29, 0.717) is 13.0 Å². The van der Waals surface area contributed by atoms with Crippen LogP contribution in [0.1, 0.15) is 32.4 Å². The maximum Gasteiger partial charge on any atom is 0.303 e. The second kappa shape index (κ2) is 6.87. The molecular formula is C14H20N2O3. The molecule has 0 unspecified atom stereocenters. The van der Waals surface area contributed by atoms with Crippen LogP contribution in [-0.2, 0) is 16.0 Å². The first kappa shape index (κ1) is 15.1. The molecule has 0 radical (unpaired) electrons. The van der Waals surface area contributed by atoms with E-state index < -0.39 is 11.4 Å². The third-order valence-corrected chi connectivity index (χ3v) is 2.70. The van der Waals surface area contributed by atoms with Crippen LogP contribution in [0.2, 0.25) is 0 Å². The minimum atomic E-state index is -0.883. The van der Waals surface area contributed by atoms with E-state index in [4.69, 9.17) is 5.11 Å². The summed E-state index contributed by atoms with van der Waals surface area (Å²) in [6.45, 7) is 4.07. The summed E-state index contributed by atoms with van der Waals surface area (Å²) in [5, 5.41) is 11.5. The summed E-state index contributed by atoms with van der Waals surface area (Å²) < 4.78 is 0. The number of pyridine rings is 1. The van der Waals surface area contributed by atoms with Crippen LogP contribution >= 0.6 is 0 Å². The highest BCUT2D eigenvalue weighted by atomic mass is 16.4. The average molecular weight is 264 g/mol. The van der Waals surface area contributed by atoms with Gasteiger partial charge in [-0.2, -0.15) is 0 Å². The van der Waals surface area contributed by atoms with Crippen molar-refractivity contribution in [1.82, 2.24) is 10.3 Å². The fourth-order valence-electron chi connectivity index (χ4n) is 1.85. The molecule has 0 aromatic carbocycles. The summed E-state index contributed by atoms with van der Waals surface area (Å²) in [7, 11) is 0. The smallest absolute Gasteiger partial charge is 0.303 e. The molecule has 0 saturated carbocycles. The average Bonchev–Trinajstić information content (AvgIpc) is 2.27. The number of hydrogen-bond acceptors (Lipinski definition) is 3. The maximum absolute atomic E-state index is 11.7. The van der Waals surface area contributed by atoms with Gasteiger partial charge >= 0.3 is 5.97 Å². The molecule has 2 N–H and O–H groups in total. The van der Waals surface area contributed by atoms with E-state index >= 15 is 0 Å². The monoisotopic (exact) mass is 264 g/mol. The van der Waals surface area contributed by atoms with Crippen LogP contribution in [0.25, 0.3) is 0 Å². The Balaban J connectivity index is 2.30. The molecule has 1 aromatic rings. The first-order valence-corrected chi connectivity index (χ1v) is 6.27. The second-order valence-electron chi connectivity index (χ2n) is 5.33. The van der Waals surface area contributed by atoms with Gasteiger partial charge in [-0.05, 0) is 17.5 Å². The molecule has 5 heteroatoms. The zero-order chi connectivity index (χ0) is 14.3. The Morgan fingerprint density at radius 2 is 2.05 bits per heavy atom. The number of carboxylic acids is 1. The van der Waals surface area contributed by atoms with Gasteiger partial charge in [0.2, 0.25) is 5.91 Å². The molecule has 1 heterocycles. The first-order chi connectivity index (χ1) is 8.89. The molecule has 0 atom stereocenters. The predicted octanol–water partition coefficient (Wildman–Crippen LogP) is 1.63. The molecule has 0 fully saturated rings. The zero-order valence-corrected chi connectivity index (χ0v) is 11.3. The molecule has 0 spiro atoms. The number of aromatic nitrogens is 1. The van der Waals surface area contributed by atoms with Crippen molar-refractivity contribution >= 4 is 11.9 Å². The third kappa shape index (κ3) is 6.55. The van der Waals surface area contributed by atoms with Gasteiger partial charge in [-0.3, -0.25) is 14.6 Å². The summed E-state index contributed by atoms with van der Waals surface area (Å²) in [6.07, 6.45) is 2.58. The van der Waals surface area contributed by atoms with Crippen molar-refractivity contribution in [3.63, 3.8) is 0 Å². The van der Waals surface area contributed by atoms with Gasteiger partial charge in [-0.1, -0.05) is 19.9 Å². The summed E-state index contributed by atoms with van der Waals surface area (Å²) in [4.78, 5) is 26.5. The van der Waals surface area contributed by atoms with Crippen LogP contribution in [-0.4, -0.2) is 28.5 Å². The lowest BCUT2D eigenvalue weighted by molar-refractivity contribution is -0.139. The molecule has 0 aliphatic rings. The van der Waals surface area contributed by atoms with Gasteiger partial charge in [-0.15, -0.1) is 0 Å². The molecule has 0 bridgehead atoms. The van der Waals surface area contributed by atoms with Crippen LogP contribution in [0.5, 0.6) is 0 Å². The fourth-order valence-corrected chi connectivity index (χ4v) is 1.85. The minimum absolute atomic E-state index is 0.0132. The van der Waals surface area contributed by atoms with Gasteiger partial charge in [0.25, 0.3) is 0 Å². The van der Waals surface area contributed by atoms with Crippen molar-refractivity contribution in [2.75, 3.05) is 6.54 Å². The van der Waals surface area contributed by atoms with E-state index in [-0.39, 0.29) is 18.7 Å². The van der Waals surface area contributed by atoms with E-state index in [1.807, 2.05) is 18.2 Å². The van der Waals surface area contributed by atoms with Gasteiger partial charge in [0, 0.05) is 31.3 Å². The normalized spacial score (nSPS) is 11.1. The Bertz CT molecular complexity index is 430. The highest BCUT2D eigenvalue weighted by Gasteiger charge is 2.24. The van der Waals surface area contributed by atoms with Crippen molar-refractivity contribution in [3.05, 3.63) is 30.1 Å². The molecule has 0 aliphatic heterocycles. The maximum atomic E-state index is 11.7. The van der Waals surface area contributed by atoms with Crippen LogP contribution in [0.15, 0.2) is 24.4 Å². The second-order valence-corrected chi connectivity index (χ2v) is 5.33. The number of amides is 1. The number of carbonyl (C=O) groups excluding carboxylic acids is 1. The predicted molar refractivity (Wildman–Crippen MR) is 71.6 cm³/mol. The SMILES string of the molecule is CC(C)(CC(=O)O)CC(=O)NCCc1ccccn1. The van der Waals surface area contributed by atoms with Crippen molar-refractivity contribution in [2.24, 2.45) is 5.41 Å². The lowest BCUT2D eigenvalue weighted by Crippen LogP contribution is -2.31. The van der Waals surface area contributed by atoms with Crippen molar-refractivity contribution in [1.29, 1.82) is 0 Å². The molecular weight excluding hydrogens is 244 g/mol. The standard InChI is InChI=1S/C14H20N2O3/c1-14(2,10-13(18)19)9-12(17)16-8-6-11-5-3-4-7-15-11/h3-5,7H,6,8-10H2,1-2H3,(H,16,17)(H,18,19). The topological polar surface area (TPSA) is 79.3 Å². The molecule has 0 saturated heterocycles. The van der Waals surface area contributed by atoms with E-state index in [1.54, 1.807) is 20.0 Å². The summed E-state index contributed by atoms with van der Waals surface area (Å²) in [6, 6.07) is 5.65. The minimum Gasteiger partial charge on any atom is -0.481 e. The van der Waals surface area contributed by atoms with Crippen LogP contribution in [0.4, 0.5) is 0 Å². The largest absolute Gasteiger partial charge is 0.481 e. The van der Waals surface area contributed by atoms with Gasteiger partial charge in [0.05, 0.1) is 6.42 Å². The molecule has 104 valence electrons.